The second-order valence-electron chi connectivity index (χ2n) is 3.04. The molecule has 0 bridgehead atoms. The van der Waals surface area contributed by atoms with E-state index in [0.717, 1.165) is 5.56 Å². The van der Waals surface area contributed by atoms with Crippen molar-refractivity contribution >= 4 is 5.97 Å². The Bertz CT molecular complexity index is 300. The molecule has 4 nitrogen and oxygen atoms in total. The first-order chi connectivity index (χ1) is 7.26. The molecule has 15 heavy (non-hydrogen) atoms. The van der Waals surface area contributed by atoms with Crippen molar-refractivity contribution in [2.45, 2.75) is 6.54 Å². The topological polar surface area (TPSA) is 38.8 Å². The van der Waals surface area contributed by atoms with Gasteiger partial charge in [0.25, 0.3) is 0 Å². The first kappa shape index (κ1) is 11.7. The Labute approximate surface area is 89.4 Å². The van der Waals surface area contributed by atoms with Gasteiger partial charge >= 0.3 is 5.97 Å². The predicted molar refractivity (Wildman–Crippen MR) is 55.9 cm³/mol. The molecule has 1 rings (SSSR count). The van der Waals surface area contributed by atoms with E-state index in [0.29, 0.717) is 6.54 Å². The van der Waals surface area contributed by atoms with Crippen molar-refractivity contribution in [1.82, 2.24) is 5.06 Å². The van der Waals surface area contributed by atoms with Crippen LogP contribution in [0.5, 0.6) is 0 Å². The number of methoxy groups -OCH3 is 1. The number of carbonyl (C=O) groups excluding carboxylic acids is 1. The van der Waals surface area contributed by atoms with Crippen LogP contribution < -0.4 is 0 Å². The summed E-state index contributed by atoms with van der Waals surface area (Å²) in [6.45, 7) is 0.689. The van der Waals surface area contributed by atoms with E-state index >= 15 is 0 Å². The lowest BCUT2D eigenvalue weighted by Gasteiger charge is -2.17. The van der Waals surface area contributed by atoms with Gasteiger partial charge in [0.15, 0.2) is 0 Å². The Kier molecular flexibility index (Phi) is 4.80. The number of hydrogen-bond acceptors (Lipinski definition) is 4. The minimum Gasteiger partial charge on any atom is -0.468 e. The second kappa shape index (κ2) is 6.16. The summed E-state index contributed by atoms with van der Waals surface area (Å²) in [4.78, 5) is 16.1. The van der Waals surface area contributed by atoms with E-state index in [1.165, 1.54) is 14.2 Å². The maximum atomic E-state index is 11.0. The molecule has 0 aliphatic heterocycles. The highest BCUT2D eigenvalue weighted by Crippen LogP contribution is 2.04. The third-order valence-corrected chi connectivity index (χ3v) is 1.99. The van der Waals surface area contributed by atoms with Crippen LogP contribution in [0.3, 0.4) is 0 Å². The smallest absolute Gasteiger partial charge is 0.322 e. The molecule has 0 radical (unpaired) electrons. The maximum Gasteiger partial charge on any atom is 0.322 e. The van der Waals surface area contributed by atoms with E-state index in [-0.39, 0.29) is 12.5 Å². The van der Waals surface area contributed by atoms with Gasteiger partial charge in [0.2, 0.25) is 0 Å². The fraction of sp³-hybridized carbons (Fsp3) is 0.364. The largest absolute Gasteiger partial charge is 0.468 e. The number of rotatable bonds is 5. The lowest BCUT2D eigenvalue weighted by Crippen LogP contribution is -2.29. The van der Waals surface area contributed by atoms with E-state index in [1.54, 1.807) is 5.06 Å². The van der Waals surface area contributed by atoms with Crippen molar-refractivity contribution in [3.63, 3.8) is 0 Å². The summed E-state index contributed by atoms with van der Waals surface area (Å²) in [5.41, 5.74) is 1.09. The fourth-order valence-electron chi connectivity index (χ4n) is 1.18. The van der Waals surface area contributed by atoms with Gasteiger partial charge in [0.05, 0.1) is 14.2 Å². The summed E-state index contributed by atoms with van der Waals surface area (Å²) < 4.78 is 4.56. The van der Waals surface area contributed by atoms with Gasteiger partial charge in [-0.15, -0.1) is 0 Å². The van der Waals surface area contributed by atoms with Crippen LogP contribution >= 0.6 is 0 Å². The molecule has 0 aliphatic rings. The molecule has 1 aromatic carbocycles. The van der Waals surface area contributed by atoms with E-state index in [2.05, 4.69) is 4.74 Å². The number of esters is 1. The van der Waals surface area contributed by atoms with Gasteiger partial charge < -0.3 is 9.57 Å². The Morgan fingerprint density at radius 1 is 1.27 bits per heavy atom. The molecule has 0 aliphatic carbocycles. The Morgan fingerprint density at radius 3 is 2.47 bits per heavy atom. The van der Waals surface area contributed by atoms with Crippen molar-refractivity contribution in [1.29, 1.82) is 0 Å². The van der Waals surface area contributed by atoms with Crippen LogP contribution in [0.2, 0.25) is 0 Å². The fourth-order valence-corrected chi connectivity index (χ4v) is 1.18. The summed E-state index contributed by atoms with van der Waals surface area (Å²) in [6, 6.07) is 9.79. The summed E-state index contributed by atoms with van der Waals surface area (Å²) in [7, 11) is 2.89. The van der Waals surface area contributed by atoms with Crippen molar-refractivity contribution in [2.75, 3.05) is 20.8 Å². The number of carbonyl (C=O) groups is 1. The van der Waals surface area contributed by atoms with Gasteiger partial charge in [0.1, 0.15) is 6.54 Å². The Morgan fingerprint density at radius 2 is 1.93 bits per heavy atom. The number of hydrogen-bond donors (Lipinski definition) is 0. The molecular formula is C11H15NO3. The average molecular weight is 209 g/mol. The van der Waals surface area contributed by atoms with Crippen molar-refractivity contribution in [2.24, 2.45) is 0 Å². The summed E-state index contributed by atoms with van der Waals surface area (Å²) in [5, 5.41) is 1.54. The molecule has 0 saturated heterocycles. The lowest BCUT2D eigenvalue weighted by molar-refractivity contribution is -0.169. The van der Waals surface area contributed by atoms with E-state index in [4.69, 9.17) is 4.84 Å². The van der Waals surface area contributed by atoms with Crippen LogP contribution in [-0.2, 0) is 20.9 Å². The van der Waals surface area contributed by atoms with Gasteiger partial charge in [0, 0.05) is 6.54 Å². The number of benzene rings is 1. The molecule has 1 aromatic rings. The Hall–Kier alpha value is -1.39. The minimum atomic E-state index is -0.312. The van der Waals surface area contributed by atoms with E-state index in [1.807, 2.05) is 30.3 Å². The third-order valence-electron chi connectivity index (χ3n) is 1.99. The zero-order valence-electron chi connectivity index (χ0n) is 8.97. The van der Waals surface area contributed by atoms with Gasteiger partial charge in [-0.05, 0) is 5.56 Å². The molecule has 0 amide bonds. The highest BCUT2D eigenvalue weighted by Gasteiger charge is 2.10. The summed E-state index contributed by atoms with van der Waals surface area (Å²) in [5.74, 6) is -0.312. The molecule has 82 valence electrons. The van der Waals surface area contributed by atoms with Crippen LogP contribution in [-0.4, -0.2) is 31.8 Å². The SMILES string of the molecule is COC(=O)CN(Cc1ccccc1)OC. The molecular weight excluding hydrogens is 194 g/mol. The van der Waals surface area contributed by atoms with Crippen LogP contribution in [0.25, 0.3) is 0 Å². The van der Waals surface area contributed by atoms with E-state index < -0.39 is 0 Å². The summed E-state index contributed by atoms with van der Waals surface area (Å²) in [6.07, 6.45) is 0. The molecule has 0 fully saturated rings. The second-order valence-corrected chi connectivity index (χ2v) is 3.04. The first-order valence-corrected chi connectivity index (χ1v) is 4.66. The minimum absolute atomic E-state index is 0.127. The Balaban J connectivity index is 2.50. The van der Waals surface area contributed by atoms with Crippen molar-refractivity contribution < 1.29 is 14.4 Å². The average Bonchev–Trinajstić information content (AvgIpc) is 2.29. The molecule has 0 heterocycles. The predicted octanol–water partition coefficient (Wildman–Crippen LogP) is 1.22. The zero-order valence-corrected chi connectivity index (χ0v) is 8.97. The highest BCUT2D eigenvalue weighted by atomic mass is 16.7. The molecule has 0 N–H and O–H groups in total. The van der Waals surface area contributed by atoms with Crippen LogP contribution in [0.15, 0.2) is 30.3 Å². The maximum absolute atomic E-state index is 11.0. The molecule has 0 atom stereocenters. The zero-order chi connectivity index (χ0) is 11.1. The normalized spacial score (nSPS) is 10.3. The van der Waals surface area contributed by atoms with Gasteiger partial charge in [-0.1, -0.05) is 30.3 Å². The first-order valence-electron chi connectivity index (χ1n) is 4.66. The van der Waals surface area contributed by atoms with Crippen molar-refractivity contribution in [3.8, 4) is 0 Å². The third kappa shape index (κ3) is 4.10. The van der Waals surface area contributed by atoms with Crippen molar-refractivity contribution in [3.05, 3.63) is 35.9 Å². The van der Waals surface area contributed by atoms with Gasteiger partial charge in [-0.2, -0.15) is 5.06 Å². The van der Waals surface area contributed by atoms with Gasteiger partial charge in [-0.3, -0.25) is 4.79 Å². The molecule has 0 spiro atoms. The molecule has 0 saturated carbocycles. The highest BCUT2D eigenvalue weighted by molar-refractivity contribution is 5.71. The summed E-state index contributed by atoms with van der Waals surface area (Å²) >= 11 is 0. The lowest BCUT2D eigenvalue weighted by atomic mass is 10.2. The molecule has 0 aromatic heterocycles. The molecule has 0 unspecified atom stereocenters. The number of ether oxygens (including phenoxy) is 1. The van der Waals surface area contributed by atoms with Gasteiger partial charge in [-0.25, -0.2) is 0 Å². The number of nitrogens with zero attached hydrogens (tertiary/aromatic N) is 1. The number of hydroxylamine groups is 2. The standard InChI is InChI=1S/C11H15NO3/c1-14-11(13)9-12(15-2)8-10-6-4-3-5-7-10/h3-7H,8-9H2,1-2H3. The van der Waals surface area contributed by atoms with Crippen LogP contribution in [0, 0.1) is 0 Å². The van der Waals surface area contributed by atoms with Crippen LogP contribution in [0.1, 0.15) is 5.56 Å². The monoisotopic (exact) mass is 209 g/mol. The van der Waals surface area contributed by atoms with E-state index in [9.17, 15) is 4.79 Å². The molecule has 4 heteroatoms. The quantitative estimate of drug-likeness (QED) is 0.540. The van der Waals surface area contributed by atoms with Crippen LogP contribution in [0.4, 0.5) is 0 Å².